The number of hydrogen-bond donors (Lipinski definition) is 1. The fraction of sp³-hybridized carbons (Fsp3) is 0.350. The van der Waals surface area contributed by atoms with Gasteiger partial charge in [-0.15, -0.1) is 0 Å². The van der Waals surface area contributed by atoms with E-state index in [1.54, 1.807) is 32.4 Å². The molecule has 0 radical (unpaired) electrons. The van der Waals surface area contributed by atoms with Crippen molar-refractivity contribution in [1.29, 1.82) is 0 Å². The number of nitrogens with zero attached hydrogens (tertiary/aromatic N) is 2. The fourth-order valence-electron chi connectivity index (χ4n) is 3.11. The lowest BCUT2D eigenvalue weighted by atomic mass is 10.2. The summed E-state index contributed by atoms with van der Waals surface area (Å²) in [6, 6.07) is 10.3. The van der Waals surface area contributed by atoms with Gasteiger partial charge in [0.05, 0.1) is 19.9 Å². The molecule has 0 aromatic heterocycles. The number of piperazine rings is 1. The number of anilines is 1. The van der Waals surface area contributed by atoms with Gasteiger partial charge in [-0.3, -0.25) is 4.90 Å². The third kappa shape index (κ3) is 4.84. The molecule has 1 saturated heterocycles. The zero-order valence-corrected chi connectivity index (χ0v) is 17.4. The summed E-state index contributed by atoms with van der Waals surface area (Å²) >= 11 is 11.7. The summed E-state index contributed by atoms with van der Waals surface area (Å²) in [5, 5.41) is 4.34. The zero-order chi connectivity index (χ0) is 20.1. The lowest BCUT2D eigenvalue weighted by molar-refractivity contribution is 0.175. The quantitative estimate of drug-likeness (QED) is 0.732. The van der Waals surface area contributed by atoms with Gasteiger partial charge >= 0.3 is 0 Å². The molecular weight excluding hydrogens is 401 g/mol. The summed E-state index contributed by atoms with van der Waals surface area (Å²) in [4.78, 5) is 4.27. The lowest BCUT2D eigenvalue weighted by Gasteiger charge is -2.36. The summed E-state index contributed by atoms with van der Waals surface area (Å²) in [5.41, 5.74) is 1.33. The molecule has 2 aromatic rings. The molecule has 0 bridgehead atoms. The van der Waals surface area contributed by atoms with Gasteiger partial charge in [-0.25, -0.2) is 4.39 Å². The fourth-order valence-corrected chi connectivity index (χ4v) is 3.63. The van der Waals surface area contributed by atoms with Gasteiger partial charge in [-0.1, -0.05) is 17.7 Å². The number of benzene rings is 2. The highest BCUT2D eigenvalue weighted by Gasteiger charge is 2.21. The summed E-state index contributed by atoms with van der Waals surface area (Å²) in [5.74, 6) is 1.11. The van der Waals surface area contributed by atoms with Crippen molar-refractivity contribution in [1.82, 2.24) is 9.80 Å². The molecule has 8 heteroatoms. The van der Waals surface area contributed by atoms with E-state index in [0.29, 0.717) is 33.7 Å². The van der Waals surface area contributed by atoms with Crippen LogP contribution in [0.1, 0.15) is 5.56 Å². The van der Waals surface area contributed by atoms with Gasteiger partial charge in [-0.05, 0) is 36.5 Å². The molecule has 0 spiro atoms. The number of halogens is 2. The molecule has 0 aliphatic carbocycles. The highest BCUT2D eigenvalue weighted by atomic mass is 35.5. The van der Waals surface area contributed by atoms with Gasteiger partial charge < -0.3 is 19.7 Å². The minimum atomic E-state index is -0.265. The Morgan fingerprint density at radius 2 is 1.89 bits per heavy atom. The van der Waals surface area contributed by atoms with Crippen molar-refractivity contribution in [2.75, 3.05) is 45.7 Å². The largest absolute Gasteiger partial charge is 0.497 e. The van der Waals surface area contributed by atoms with Crippen LogP contribution in [0.5, 0.6) is 11.5 Å². The first-order valence-electron chi connectivity index (χ1n) is 8.95. The standard InChI is InChI=1S/C20H23ClFN3O2S/c1-26-14-6-7-18(19(12-14)27-2)23-20(28)25-10-8-24(9-11-25)13-15-16(21)4-3-5-17(15)22/h3-7,12H,8-11,13H2,1-2H3,(H,23,28). The van der Waals surface area contributed by atoms with Crippen LogP contribution in [0.15, 0.2) is 36.4 Å². The molecule has 0 amide bonds. The second-order valence-corrected chi connectivity index (χ2v) is 7.25. The summed E-state index contributed by atoms with van der Waals surface area (Å²) in [6.07, 6.45) is 0. The van der Waals surface area contributed by atoms with Crippen LogP contribution in [-0.2, 0) is 6.54 Å². The molecule has 0 saturated carbocycles. The Bertz CT molecular complexity index is 824. The number of ether oxygens (including phenoxy) is 2. The van der Waals surface area contributed by atoms with E-state index < -0.39 is 0 Å². The molecule has 5 nitrogen and oxygen atoms in total. The van der Waals surface area contributed by atoms with Crippen molar-refractivity contribution < 1.29 is 13.9 Å². The van der Waals surface area contributed by atoms with Crippen molar-refractivity contribution in [2.45, 2.75) is 6.54 Å². The van der Waals surface area contributed by atoms with Crippen LogP contribution in [0.4, 0.5) is 10.1 Å². The Kier molecular flexibility index (Phi) is 6.93. The third-order valence-electron chi connectivity index (χ3n) is 4.75. The maximum atomic E-state index is 14.0. The average Bonchev–Trinajstić information content (AvgIpc) is 2.71. The average molecular weight is 424 g/mol. The van der Waals surface area contributed by atoms with E-state index in [4.69, 9.17) is 33.3 Å². The summed E-state index contributed by atoms with van der Waals surface area (Å²) < 4.78 is 24.6. The first-order valence-corrected chi connectivity index (χ1v) is 9.73. The van der Waals surface area contributed by atoms with Crippen LogP contribution >= 0.6 is 23.8 Å². The molecule has 1 N–H and O–H groups in total. The van der Waals surface area contributed by atoms with Crippen molar-refractivity contribution in [3.05, 3.63) is 52.8 Å². The molecule has 150 valence electrons. The normalized spacial score (nSPS) is 14.6. The number of methoxy groups -OCH3 is 2. The molecule has 3 rings (SSSR count). The minimum Gasteiger partial charge on any atom is -0.497 e. The Labute approximate surface area is 175 Å². The van der Waals surface area contributed by atoms with Crippen molar-refractivity contribution in [3.63, 3.8) is 0 Å². The van der Waals surface area contributed by atoms with E-state index in [1.807, 2.05) is 12.1 Å². The van der Waals surface area contributed by atoms with Crippen molar-refractivity contribution >= 4 is 34.6 Å². The molecule has 0 atom stereocenters. The SMILES string of the molecule is COc1ccc(NC(=S)N2CCN(Cc3c(F)cccc3Cl)CC2)c(OC)c1. The highest BCUT2D eigenvalue weighted by Crippen LogP contribution is 2.29. The van der Waals surface area contributed by atoms with E-state index in [-0.39, 0.29) is 5.82 Å². The molecule has 2 aromatic carbocycles. The van der Waals surface area contributed by atoms with E-state index >= 15 is 0 Å². The van der Waals surface area contributed by atoms with Gasteiger partial charge in [-0.2, -0.15) is 0 Å². The monoisotopic (exact) mass is 423 g/mol. The number of rotatable bonds is 5. The van der Waals surface area contributed by atoms with E-state index in [9.17, 15) is 4.39 Å². The topological polar surface area (TPSA) is 37.0 Å². The van der Waals surface area contributed by atoms with Crippen molar-refractivity contribution in [3.8, 4) is 11.5 Å². The van der Waals surface area contributed by atoms with E-state index in [1.165, 1.54) is 6.07 Å². The molecule has 0 unspecified atom stereocenters. The Morgan fingerprint density at radius 1 is 1.14 bits per heavy atom. The van der Waals surface area contributed by atoms with Crippen LogP contribution in [-0.4, -0.2) is 55.3 Å². The van der Waals surface area contributed by atoms with Crippen LogP contribution < -0.4 is 14.8 Å². The first-order chi connectivity index (χ1) is 13.5. The molecule has 28 heavy (non-hydrogen) atoms. The molecular formula is C20H23ClFN3O2S. The molecule has 1 heterocycles. The highest BCUT2D eigenvalue weighted by molar-refractivity contribution is 7.80. The van der Waals surface area contributed by atoms with Crippen LogP contribution in [0.2, 0.25) is 5.02 Å². The Hall–Kier alpha value is -2.09. The van der Waals surface area contributed by atoms with E-state index in [0.717, 1.165) is 31.9 Å². The lowest BCUT2D eigenvalue weighted by Crippen LogP contribution is -2.49. The summed E-state index contributed by atoms with van der Waals surface area (Å²) in [7, 11) is 3.22. The second-order valence-electron chi connectivity index (χ2n) is 6.46. The minimum absolute atomic E-state index is 0.265. The smallest absolute Gasteiger partial charge is 0.173 e. The Morgan fingerprint density at radius 3 is 2.54 bits per heavy atom. The van der Waals surface area contributed by atoms with Crippen LogP contribution in [0, 0.1) is 5.82 Å². The van der Waals surface area contributed by atoms with Crippen molar-refractivity contribution in [2.24, 2.45) is 0 Å². The second kappa shape index (κ2) is 9.41. The van der Waals surface area contributed by atoms with Gasteiger partial charge in [0.25, 0.3) is 0 Å². The van der Waals surface area contributed by atoms with E-state index in [2.05, 4.69) is 15.1 Å². The third-order valence-corrected chi connectivity index (χ3v) is 5.47. The van der Waals surface area contributed by atoms with Gasteiger partial charge in [0.2, 0.25) is 0 Å². The molecule has 1 aliphatic rings. The molecule has 1 fully saturated rings. The number of nitrogens with one attached hydrogen (secondary N) is 1. The predicted octanol–water partition coefficient (Wildman–Crippen LogP) is 4.01. The zero-order valence-electron chi connectivity index (χ0n) is 15.9. The first kappa shape index (κ1) is 20.6. The van der Waals surface area contributed by atoms with Crippen LogP contribution in [0.3, 0.4) is 0 Å². The van der Waals surface area contributed by atoms with Crippen LogP contribution in [0.25, 0.3) is 0 Å². The van der Waals surface area contributed by atoms with Gasteiger partial charge in [0.1, 0.15) is 17.3 Å². The van der Waals surface area contributed by atoms with Gasteiger partial charge in [0.15, 0.2) is 5.11 Å². The summed E-state index contributed by atoms with van der Waals surface area (Å²) in [6.45, 7) is 3.52. The predicted molar refractivity (Wildman–Crippen MR) is 114 cm³/mol. The maximum Gasteiger partial charge on any atom is 0.173 e. The Balaban J connectivity index is 1.57. The maximum absolute atomic E-state index is 14.0. The number of hydrogen-bond acceptors (Lipinski definition) is 4. The van der Waals surface area contributed by atoms with Gasteiger partial charge in [0, 0.05) is 49.4 Å². The molecule has 1 aliphatic heterocycles. The number of thiocarbonyl (C=S) groups is 1.